The Morgan fingerprint density at radius 2 is 2.05 bits per heavy atom. The molecule has 0 radical (unpaired) electrons. The molecule has 1 aromatic carbocycles. The molecule has 6 heteroatoms. The zero-order chi connectivity index (χ0) is 16.1. The SMILES string of the molecule is COc1cc(Cl)cc(CN(C)C(C)c2ccncn2)c1OC. The van der Waals surface area contributed by atoms with Crippen molar-refractivity contribution in [2.24, 2.45) is 0 Å². The van der Waals surface area contributed by atoms with E-state index in [1.54, 1.807) is 32.8 Å². The van der Waals surface area contributed by atoms with Crippen LogP contribution in [0.1, 0.15) is 24.2 Å². The van der Waals surface area contributed by atoms with E-state index < -0.39 is 0 Å². The van der Waals surface area contributed by atoms with Crippen LogP contribution in [0.3, 0.4) is 0 Å². The maximum absolute atomic E-state index is 6.16. The van der Waals surface area contributed by atoms with E-state index in [4.69, 9.17) is 21.1 Å². The maximum Gasteiger partial charge on any atom is 0.165 e. The molecule has 0 bridgehead atoms. The Labute approximate surface area is 135 Å². The topological polar surface area (TPSA) is 47.5 Å². The number of hydrogen-bond donors (Lipinski definition) is 0. The molecule has 0 saturated heterocycles. The lowest BCUT2D eigenvalue weighted by Gasteiger charge is -2.25. The van der Waals surface area contributed by atoms with E-state index in [1.807, 2.05) is 19.2 Å². The molecule has 1 unspecified atom stereocenters. The van der Waals surface area contributed by atoms with E-state index in [0.29, 0.717) is 23.1 Å². The number of aromatic nitrogens is 2. The normalized spacial score (nSPS) is 12.3. The van der Waals surface area contributed by atoms with Crippen LogP contribution in [0.5, 0.6) is 11.5 Å². The van der Waals surface area contributed by atoms with Crippen LogP contribution in [0.15, 0.2) is 30.7 Å². The molecule has 0 amide bonds. The molecule has 118 valence electrons. The van der Waals surface area contributed by atoms with Crippen molar-refractivity contribution in [3.05, 3.63) is 47.0 Å². The molecule has 0 saturated carbocycles. The fourth-order valence-corrected chi connectivity index (χ4v) is 2.53. The van der Waals surface area contributed by atoms with Crippen LogP contribution in [0, 0.1) is 0 Å². The predicted octanol–water partition coefficient (Wildman–Crippen LogP) is 3.34. The maximum atomic E-state index is 6.16. The van der Waals surface area contributed by atoms with E-state index in [2.05, 4.69) is 21.8 Å². The number of nitrogens with zero attached hydrogens (tertiary/aromatic N) is 3. The fraction of sp³-hybridized carbons (Fsp3) is 0.375. The summed E-state index contributed by atoms with van der Waals surface area (Å²) in [6.45, 7) is 2.75. The van der Waals surface area contributed by atoms with Gasteiger partial charge in [0.05, 0.1) is 19.9 Å². The van der Waals surface area contributed by atoms with E-state index in [-0.39, 0.29) is 6.04 Å². The molecule has 0 aliphatic carbocycles. The standard InChI is InChI=1S/C16H20ClN3O2/c1-11(14-5-6-18-10-19-14)20(2)9-12-7-13(17)8-15(21-3)16(12)22-4/h5-8,10-11H,9H2,1-4H3. The van der Waals surface area contributed by atoms with E-state index in [1.165, 1.54) is 0 Å². The Bertz CT molecular complexity index is 622. The monoisotopic (exact) mass is 321 g/mol. The van der Waals surface area contributed by atoms with E-state index in [9.17, 15) is 0 Å². The lowest BCUT2D eigenvalue weighted by molar-refractivity contribution is 0.243. The van der Waals surface area contributed by atoms with Gasteiger partial charge in [-0.1, -0.05) is 11.6 Å². The van der Waals surface area contributed by atoms with Gasteiger partial charge in [-0.15, -0.1) is 0 Å². The molecule has 1 heterocycles. The average molecular weight is 322 g/mol. The number of benzene rings is 1. The number of ether oxygens (including phenoxy) is 2. The number of hydrogen-bond acceptors (Lipinski definition) is 5. The summed E-state index contributed by atoms with van der Waals surface area (Å²) in [7, 11) is 5.26. The molecule has 0 fully saturated rings. The molecular formula is C16H20ClN3O2. The molecule has 0 aliphatic heterocycles. The van der Waals surface area contributed by atoms with Crippen LogP contribution >= 0.6 is 11.6 Å². The van der Waals surface area contributed by atoms with Gasteiger partial charge in [-0.25, -0.2) is 9.97 Å². The van der Waals surface area contributed by atoms with Crippen molar-refractivity contribution in [1.82, 2.24) is 14.9 Å². The van der Waals surface area contributed by atoms with Crippen LogP contribution < -0.4 is 9.47 Å². The Kier molecular flexibility index (Phi) is 5.57. The second kappa shape index (κ2) is 7.42. The Balaban J connectivity index is 2.24. The fourth-order valence-electron chi connectivity index (χ4n) is 2.30. The Morgan fingerprint density at radius 1 is 1.27 bits per heavy atom. The summed E-state index contributed by atoms with van der Waals surface area (Å²) >= 11 is 6.16. The lowest BCUT2D eigenvalue weighted by atomic mass is 10.1. The van der Waals surface area contributed by atoms with Crippen LogP contribution in [0.2, 0.25) is 5.02 Å². The summed E-state index contributed by atoms with van der Waals surface area (Å²) < 4.78 is 10.8. The number of halogens is 1. The molecule has 1 aromatic heterocycles. The van der Waals surface area contributed by atoms with Gasteiger partial charge in [-0.3, -0.25) is 4.90 Å². The van der Waals surface area contributed by atoms with Gasteiger partial charge in [0, 0.05) is 35.4 Å². The van der Waals surface area contributed by atoms with Gasteiger partial charge in [0.1, 0.15) is 6.33 Å². The zero-order valence-electron chi connectivity index (χ0n) is 13.2. The van der Waals surface area contributed by atoms with Gasteiger partial charge in [0.2, 0.25) is 0 Å². The first-order valence-electron chi connectivity index (χ1n) is 6.93. The molecule has 0 N–H and O–H groups in total. The lowest BCUT2D eigenvalue weighted by Crippen LogP contribution is -2.23. The van der Waals surface area contributed by atoms with Crippen molar-refractivity contribution in [3.8, 4) is 11.5 Å². The van der Waals surface area contributed by atoms with Crippen molar-refractivity contribution in [1.29, 1.82) is 0 Å². The van der Waals surface area contributed by atoms with Gasteiger partial charge in [0.15, 0.2) is 11.5 Å². The van der Waals surface area contributed by atoms with Gasteiger partial charge in [0.25, 0.3) is 0 Å². The molecule has 22 heavy (non-hydrogen) atoms. The third-order valence-corrected chi connectivity index (χ3v) is 3.85. The molecule has 5 nitrogen and oxygen atoms in total. The van der Waals surface area contributed by atoms with E-state index >= 15 is 0 Å². The molecule has 2 aromatic rings. The third kappa shape index (κ3) is 3.67. The van der Waals surface area contributed by atoms with Crippen molar-refractivity contribution >= 4 is 11.6 Å². The van der Waals surface area contributed by atoms with E-state index in [0.717, 1.165) is 11.3 Å². The highest BCUT2D eigenvalue weighted by Gasteiger charge is 2.18. The summed E-state index contributed by atoms with van der Waals surface area (Å²) in [6.07, 6.45) is 3.30. The van der Waals surface area contributed by atoms with Crippen molar-refractivity contribution in [2.75, 3.05) is 21.3 Å². The van der Waals surface area contributed by atoms with Crippen LogP contribution in [0.4, 0.5) is 0 Å². The largest absolute Gasteiger partial charge is 0.493 e. The minimum atomic E-state index is 0.137. The van der Waals surface area contributed by atoms with Gasteiger partial charge >= 0.3 is 0 Å². The van der Waals surface area contributed by atoms with Gasteiger partial charge in [-0.2, -0.15) is 0 Å². The quantitative estimate of drug-likeness (QED) is 0.816. The molecule has 0 aliphatic rings. The second-order valence-corrected chi connectivity index (χ2v) is 5.46. The minimum Gasteiger partial charge on any atom is -0.493 e. The van der Waals surface area contributed by atoms with Crippen molar-refractivity contribution in [3.63, 3.8) is 0 Å². The minimum absolute atomic E-state index is 0.137. The van der Waals surface area contributed by atoms with Crippen molar-refractivity contribution in [2.45, 2.75) is 19.5 Å². The van der Waals surface area contributed by atoms with Gasteiger partial charge in [-0.05, 0) is 26.1 Å². The molecule has 1 atom stereocenters. The van der Waals surface area contributed by atoms with Crippen LogP contribution in [-0.2, 0) is 6.54 Å². The number of rotatable bonds is 6. The smallest absolute Gasteiger partial charge is 0.165 e. The third-order valence-electron chi connectivity index (χ3n) is 3.63. The summed E-state index contributed by atoms with van der Waals surface area (Å²) in [5.41, 5.74) is 1.93. The van der Waals surface area contributed by atoms with Crippen molar-refractivity contribution < 1.29 is 9.47 Å². The van der Waals surface area contributed by atoms with Crippen LogP contribution in [-0.4, -0.2) is 36.1 Å². The highest BCUT2D eigenvalue weighted by molar-refractivity contribution is 6.30. The highest BCUT2D eigenvalue weighted by Crippen LogP contribution is 2.35. The first-order chi connectivity index (χ1) is 10.6. The first kappa shape index (κ1) is 16.5. The highest BCUT2D eigenvalue weighted by atomic mass is 35.5. The van der Waals surface area contributed by atoms with Crippen LogP contribution in [0.25, 0.3) is 0 Å². The average Bonchev–Trinajstić information content (AvgIpc) is 2.54. The number of methoxy groups -OCH3 is 2. The van der Waals surface area contributed by atoms with Gasteiger partial charge < -0.3 is 9.47 Å². The zero-order valence-corrected chi connectivity index (χ0v) is 14.0. The summed E-state index contributed by atoms with van der Waals surface area (Å²) in [6, 6.07) is 5.69. The summed E-state index contributed by atoms with van der Waals surface area (Å²) in [5.74, 6) is 1.33. The Morgan fingerprint density at radius 3 is 2.64 bits per heavy atom. The summed E-state index contributed by atoms with van der Waals surface area (Å²) in [4.78, 5) is 10.4. The Hall–Kier alpha value is -1.85. The first-order valence-corrected chi connectivity index (χ1v) is 7.31. The second-order valence-electron chi connectivity index (χ2n) is 5.03. The molecule has 2 rings (SSSR count). The summed E-state index contributed by atoms with van der Waals surface area (Å²) in [5, 5.41) is 0.621. The predicted molar refractivity (Wildman–Crippen MR) is 86.5 cm³/mol. The molecular weight excluding hydrogens is 302 g/mol. The molecule has 0 spiro atoms.